The van der Waals surface area contributed by atoms with Crippen LogP contribution in [0.1, 0.15) is 29.8 Å². The number of nitrogens with zero attached hydrogens (tertiary/aromatic N) is 1. The Kier molecular flexibility index (Phi) is 9.18. The summed E-state index contributed by atoms with van der Waals surface area (Å²) < 4.78 is 34.6. The molecule has 35 heavy (non-hydrogen) atoms. The van der Waals surface area contributed by atoms with Gasteiger partial charge < -0.3 is 18.9 Å². The minimum atomic E-state index is -0.538. The zero-order valence-corrected chi connectivity index (χ0v) is 19.3. The number of hydrazone groups is 1. The van der Waals surface area contributed by atoms with Crippen LogP contribution in [0.4, 0.5) is 4.39 Å². The Morgan fingerprint density at radius 2 is 1.51 bits per heavy atom. The number of esters is 1. The number of carbonyl (C=O) groups excluding carboxylic acids is 2. The van der Waals surface area contributed by atoms with Crippen LogP contribution in [-0.2, 0) is 4.79 Å². The molecule has 0 aliphatic rings. The van der Waals surface area contributed by atoms with E-state index in [2.05, 4.69) is 10.5 Å². The number of nitrogens with one attached hydrogen (secondary N) is 1. The van der Waals surface area contributed by atoms with Gasteiger partial charge in [-0.25, -0.2) is 14.6 Å². The van der Waals surface area contributed by atoms with E-state index in [9.17, 15) is 14.0 Å². The van der Waals surface area contributed by atoms with Crippen molar-refractivity contribution >= 4 is 18.1 Å². The molecule has 0 aromatic heterocycles. The standard InChI is InChI=1S/C26H25FN2O6/c1-3-32-21-10-6-19(7-11-21)26(31)35-23-14-5-18(15-24(23)33-4-2)16-28-29-25(30)17-34-22-12-8-20(27)9-13-22/h5-16H,3-4,17H2,1-2H3,(H,29,30). The fourth-order valence-electron chi connectivity index (χ4n) is 2.86. The number of amides is 1. The number of ether oxygens (including phenoxy) is 4. The average Bonchev–Trinajstić information content (AvgIpc) is 2.86. The number of benzene rings is 3. The lowest BCUT2D eigenvalue weighted by Crippen LogP contribution is -2.24. The molecular weight excluding hydrogens is 455 g/mol. The maximum atomic E-state index is 12.9. The minimum Gasteiger partial charge on any atom is -0.494 e. The molecule has 8 nitrogen and oxygen atoms in total. The normalized spacial score (nSPS) is 10.6. The SMILES string of the molecule is CCOc1ccc(C(=O)Oc2ccc(C=NNC(=O)COc3ccc(F)cc3)cc2OCC)cc1. The summed E-state index contributed by atoms with van der Waals surface area (Å²) in [4.78, 5) is 24.4. The van der Waals surface area contributed by atoms with Crippen molar-refractivity contribution in [3.8, 4) is 23.0 Å². The van der Waals surface area contributed by atoms with E-state index in [4.69, 9.17) is 18.9 Å². The third-order valence-corrected chi connectivity index (χ3v) is 4.46. The quantitative estimate of drug-likeness (QED) is 0.190. The largest absolute Gasteiger partial charge is 0.494 e. The van der Waals surface area contributed by atoms with Crippen LogP contribution in [0, 0.1) is 5.82 Å². The molecular formula is C26H25FN2O6. The van der Waals surface area contributed by atoms with Crippen molar-refractivity contribution in [1.29, 1.82) is 0 Å². The topological polar surface area (TPSA) is 95.5 Å². The predicted octanol–water partition coefficient (Wildman–Crippen LogP) is 4.37. The number of hydrogen-bond acceptors (Lipinski definition) is 7. The fraction of sp³-hybridized carbons (Fsp3) is 0.192. The van der Waals surface area contributed by atoms with Gasteiger partial charge in [0.15, 0.2) is 18.1 Å². The summed E-state index contributed by atoms with van der Waals surface area (Å²) in [5, 5.41) is 3.89. The van der Waals surface area contributed by atoms with E-state index in [0.717, 1.165) is 0 Å². The van der Waals surface area contributed by atoms with Crippen LogP contribution in [0.15, 0.2) is 71.8 Å². The van der Waals surface area contributed by atoms with Crippen molar-refractivity contribution in [3.05, 3.63) is 83.7 Å². The third-order valence-electron chi connectivity index (χ3n) is 4.46. The highest BCUT2D eigenvalue weighted by molar-refractivity contribution is 5.92. The summed E-state index contributed by atoms with van der Waals surface area (Å²) in [6.07, 6.45) is 1.41. The Hall–Kier alpha value is -4.40. The molecule has 0 atom stereocenters. The van der Waals surface area contributed by atoms with Gasteiger partial charge in [-0.3, -0.25) is 4.79 Å². The molecule has 1 N–H and O–H groups in total. The van der Waals surface area contributed by atoms with Crippen LogP contribution >= 0.6 is 0 Å². The molecule has 0 radical (unpaired) electrons. The van der Waals surface area contributed by atoms with E-state index in [1.165, 1.54) is 30.5 Å². The summed E-state index contributed by atoms with van der Waals surface area (Å²) in [6, 6.07) is 16.8. The molecule has 3 aromatic rings. The Morgan fingerprint density at radius 3 is 2.20 bits per heavy atom. The highest BCUT2D eigenvalue weighted by atomic mass is 19.1. The van der Waals surface area contributed by atoms with Crippen molar-refractivity contribution < 1.29 is 32.9 Å². The Bertz CT molecular complexity index is 1160. The molecule has 3 rings (SSSR count). The highest BCUT2D eigenvalue weighted by Gasteiger charge is 2.13. The molecule has 3 aromatic carbocycles. The molecule has 0 saturated heterocycles. The van der Waals surface area contributed by atoms with Crippen LogP contribution in [0.3, 0.4) is 0 Å². The summed E-state index contributed by atoms with van der Waals surface area (Å²) in [7, 11) is 0. The van der Waals surface area contributed by atoms with E-state index in [0.29, 0.717) is 41.6 Å². The monoisotopic (exact) mass is 480 g/mol. The first kappa shape index (κ1) is 25.2. The average molecular weight is 480 g/mol. The Balaban J connectivity index is 1.58. The van der Waals surface area contributed by atoms with Crippen molar-refractivity contribution in [3.63, 3.8) is 0 Å². The molecule has 0 bridgehead atoms. The fourth-order valence-corrected chi connectivity index (χ4v) is 2.86. The van der Waals surface area contributed by atoms with Crippen molar-refractivity contribution in [1.82, 2.24) is 5.43 Å². The number of carbonyl (C=O) groups is 2. The van der Waals surface area contributed by atoms with Gasteiger partial charge in [-0.2, -0.15) is 5.10 Å². The van der Waals surface area contributed by atoms with Gasteiger partial charge in [0, 0.05) is 0 Å². The van der Waals surface area contributed by atoms with Crippen LogP contribution in [0.25, 0.3) is 0 Å². The Morgan fingerprint density at radius 1 is 0.857 bits per heavy atom. The van der Waals surface area contributed by atoms with Gasteiger partial charge in [-0.1, -0.05) is 0 Å². The zero-order valence-electron chi connectivity index (χ0n) is 19.3. The van der Waals surface area contributed by atoms with Crippen molar-refractivity contribution in [2.45, 2.75) is 13.8 Å². The van der Waals surface area contributed by atoms with Gasteiger partial charge >= 0.3 is 5.97 Å². The van der Waals surface area contributed by atoms with Gasteiger partial charge in [0.2, 0.25) is 0 Å². The molecule has 182 valence electrons. The van der Waals surface area contributed by atoms with E-state index in [1.807, 2.05) is 6.92 Å². The summed E-state index contributed by atoms with van der Waals surface area (Å²) in [5.41, 5.74) is 3.31. The van der Waals surface area contributed by atoms with Gasteiger partial charge in [0.1, 0.15) is 17.3 Å². The van der Waals surface area contributed by atoms with E-state index < -0.39 is 17.7 Å². The summed E-state index contributed by atoms with van der Waals surface area (Å²) >= 11 is 0. The van der Waals surface area contributed by atoms with Crippen LogP contribution < -0.4 is 24.4 Å². The molecule has 1 amide bonds. The van der Waals surface area contributed by atoms with Gasteiger partial charge in [-0.15, -0.1) is 0 Å². The highest BCUT2D eigenvalue weighted by Crippen LogP contribution is 2.29. The molecule has 0 fully saturated rings. The Labute approximate surface area is 202 Å². The first-order chi connectivity index (χ1) is 17.0. The zero-order chi connectivity index (χ0) is 25.0. The number of halogens is 1. The van der Waals surface area contributed by atoms with Crippen molar-refractivity contribution in [2.24, 2.45) is 5.10 Å². The lowest BCUT2D eigenvalue weighted by atomic mass is 10.2. The van der Waals surface area contributed by atoms with E-state index in [1.54, 1.807) is 49.4 Å². The summed E-state index contributed by atoms with van der Waals surface area (Å²) in [5.74, 6) is 0.204. The molecule has 0 aliphatic carbocycles. The first-order valence-corrected chi connectivity index (χ1v) is 10.9. The van der Waals surface area contributed by atoms with Crippen LogP contribution in [0.5, 0.6) is 23.0 Å². The molecule has 0 aliphatic heterocycles. The molecule has 0 unspecified atom stereocenters. The van der Waals surface area contributed by atoms with E-state index in [-0.39, 0.29) is 12.4 Å². The minimum absolute atomic E-state index is 0.250. The van der Waals surface area contributed by atoms with Gasteiger partial charge in [-0.05, 0) is 86.1 Å². The second-order valence-electron chi connectivity index (χ2n) is 7.02. The third kappa shape index (κ3) is 7.85. The molecule has 9 heteroatoms. The number of hydrogen-bond donors (Lipinski definition) is 1. The smallest absolute Gasteiger partial charge is 0.343 e. The predicted molar refractivity (Wildman–Crippen MR) is 128 cm³/mol. The first-order valence-electron chi connectivity index (χ1n) is 10.9. The maximum Gasteiger partial charge on any atom is 0.343 e. The van der Waals surface area contributed by atoms with Gasteiger partial charge in [0.05, 0.1) is 25.0 Å². The second kappa shape index (κ2) is 12.7. The van der Waals surface area contributed by atoms with Crippen molar-refractivity contribution in [2.75, 3.05) is 19.8 Å². The molecule has 0 saturated carbocycles. The van der Waals surface area contributed by atoms with Crippen LogP contribution in [0.2, 0.25) is 0 Å². The second-order valence-corrected chi connectivity index (χ2v) is 7.02. The van der Waals surface area contributed by atoms with Gasteiger partial charge in [0.25, 0.3) is 5.91 Å². The molecule has 0 spiro atoms. The summed E-state index contributed by atoms with van der Waals surface area (Å²) in [6.45, 7) is 4.29. The maximum absolute atomic E-state index is 12.9. The lowest BCUT2D eigenvalue weighted by Gasteiger charge is -2.11. The lowest BCUT2D eigenvalue weighted by molar-refractivity contribution is -0.123. The molecule has 0 heterocycles. The van der Waals surface area contributed by atoms with Crippen LogP contribution in [-0.4, -0.2) is 37.9 Å². The van der Waals surface area contributed by atoms with E-state index >= 15 is 0 Å². The number of rotatable bonds is 11.